The zero-order valence-electron chi connectivity index (χ0n) is 13.8. The summed E-state index contributed by atoms with van der Waals surface area (Å²) in [7, 11) is 0. The summed E-state index contributed by atoms with van der Waals surface area (Å²) in [5.74, 6) is -0.708. The quantitative estimate of drug-likeness (QED) is 0.721. The van der Waals surface area contributed by atoms with Gasteiger partial charge in [-0.25, -0.2) is 0 Å². The Bertz CT molecular complexity index is 369. The number of nitrogens with one attached hydrogen (secondary N) is 1. The van der Waals surface area contributed by atoms with Crippen LogP contribution >= 0.6 is 0 Å². The zero-order chi connectivity index (χ0) is 16.0. The van der Waals surface area contributed by atoms with E-state index in [2.05, 4.69) is 19.2 Å². The molecule has 0 aromatic heterocycles. The average molecular weight is 298 g/mol. The third-order valence-corrected chi connectivity index (χ3v) is 4.82. The summed E-state index contributed by atoms with van der Waals surface area (Å²) in [6.45, 7) is 9.17. The number of rotatable bonds is 8. The van der Waals surface area contributed by atoms with E-state index in [1.807, 2.05) is 18.7 Å². The topological polar surface area (TPSA) is 69.6 Å². The van der Waals surface area contributed by atoms with Gasteiger partial charge in [-0.3, -0.25) is 14.5 Å². The Morgan fingerprint density at radius 3 is 2.38 bits per heavy atom. The molecule has 0 aromatic carbocycles. The summed E-state index contributed by atoms with van der Waals surface area (Å²) >= 11 is 0. The number of nitrogens with zero attached hydrogens (tertiary/aromatic N) is 1. The molecule has 21 heavy (non-hydrogen) atoms. The van der Waals surface area contributed by atoms with Crippen molar-refractivity contribution in [1.29, 1.82) is 0 Å². The van der Waals surface area contributed by atoms with Gasteiger partial charge in [0.25, 0.3) is 0 Å². The van der Waals surface area contributed by atoms with E-state index < -0.39 is 11.4 Å². The molecule has 0 aliphatic carbocycles. The molecule has 1 heterocycles. The van der Waals surface area contributed by atoms with Gasteiger partial charge >= 0.3 is 5.97 Å². The molecule has 2 unspecified atom stereocenters. The van der Waals surface area contributed by atoms with Crippen LogP contribution in [0.15, 0.2) is 0 Å². The highest BCUT2D eigenvalue weighted by Gasteiger charge is 2.45. The molecule has 0 saturated carbocycles. The molecule has 5 heteroatoms. The van der Waals surface area contributed by atoms with Crippen LogP contribution in [0.5, 0.6) is 0 Å². The maximum atomic E-state index is 12.3. The fourth-order valence-corrected chi connectivity index (χ4v) is 3.18. The van der Waals surface area contributed by atoms with E-state index in [1.165, 1.54) is 0 Å². The first kappa shape index (κ1) is 18.0. The molecule has 1 aliphatic rings. The van der Waals surface area contributed by atoms with Crippen molar-refractivity contribution in [2.45, 2.75) is 71.9 Å². The highest BCUT2D eigenvalue weighted by molar-refractivity contribution is 5.82. The third-order valence-electron chi connectivity index (χ3n) is 4.82. The van der Waals surface area contributed by atoms with Crippen LogP contribution in [0.25, 0.3) is 0 Å². The standard InChI is InChI=1S/C16H30N2O3/c1-5-8-16(15(20)21)9-10-18(11-16)12(4)14(19)17-13(6-2)7-3/h12-13H,5-11H2,1-4H3,(H,17,19)(H,20,21). The summed E-state index contributed by atoms with van der Waals surface area (Å²) in [6, 6.07) is -0.0499. The summed E-state index contributed by atoms with van der Waals surface area (Å²) < 4.78 is 0. The van der Waals surface area contributed by atoms with E-state index in [4.69, 9.17) is 0 Å². The number of hydrogen-bond donors (Lipinski definition) is 2. The SMILES string of the molecule is CCCC1(C(=O)O)CCN(C(C)C(=O)NC(CC)CC)C1. The first-order chi connectivity index (χ1) is 9.90. The zero-order valence-corrected chi connectivity index (χ0v) is 13.8. The molecule has 0 bridgehead atoms. The third kappa shape index (κ3) is 4.19. The summed E-state index contributed by atoms with van der Waals surface area (Å²) in [6.07, 6.45) is 4.01. The van der Waals surface area contributed by atoms with E-state index in [0.717, 1.165) is 19.3 Å². The van der Waals surface area contributed by atoms with Gasteiger partial charge in [0.1, 0.15) is 0 Å². The fraction of sp³-hybridized carbons (Fsp3) is 0.875. The Hall–Kier alpha value is -1.10. The highest BCUT2D eigenvalue weighted by atomic mass is 16.4. The van der Waals surface area contributed by atoms with Crippen molar-refractivity contribution in [3.63, 3.8) is 0 Å². The monoisotopic (exact) mass is 298 g/mol. The summed E-state index contributed by atoms with van der Waals surface area (Å²) in [5, 5.41) is 12.6. The number of likely N-dealkylation sites (tertiary alicyclic amines) is 1. The molecule has 0 spiro atoms. The predicted octanol–water partition coefficient (Wildman–Crippen LogP) is 2.26. The first-order valence-electron chi connectivity index (χ1n) is 8.18. The molecular weight excluding hydrogens is 268 g/mol. The maximum absolute atomic E-state index is 12.3. The van der Waals surface area contributed by atoms with E-state index in [0.29, 0.717) is 25.9 Å². The van der Waals surface area contributed by atoms with Gasteiger partial charge in [-0.05, 0) is 32.6 Å². The van der Waals surface area contributed by atoms with Gasteiger partial charge in [-0.2, -0.15) is 0 Å². The Kier molecular flexibility index (Phi) is 6.65. The molecule has 122 valence electrons. The van der Waals surface area contributed by atoms with Crippen LogP contribution in [-0.2, 0) is 9.59 Å². The number of carbonyl (C=O) groups is 2. The van der Waals surface area contributed by atoms with E-state index in [9.17, 15) is 14.7 Å². The van der Waals surface area contributed by atoms with Crippen molar-refractivity contribution >= 4 is 11.9 Å². The summed E-state index contributed by atoms with van der Waals surface area (Å²) in [5.41, 5.74) is -0.668. The molecule has 1 amide bonds. The van der Waals surface area contributed by atoms with E-state index in [-0.39, 0.29) is 18.0 Å². The van der Waals surface area contributed by atoms with E-state index >= 15 is 0 Å². The predicted molar refractivity (Wildman–Crippen MR) is 83.1 cm³/mol. The number of amides is 1. The van der Waals surface area contributed by atoms with Crippen LogP contribution < -0.4 is 5.32 Å². The Morgan fingerprint density at radius 1 is 1.29 bits per heavy atom. The van der Waals surface area contributed by atoms with Crippen LogP contribution in [-0.4, -0.2) is 47.1 Å². The number of carboxylic acid groups (broad SMARTS) is 1. The van der Waals surface area contributed by atoms with Gasteiger partial charge in [0.05, 0.1) is 11.5 Å². The van der Waals surface area contributed by atoms with Crippen molar-refractivity contribution in [3.05, 3.63) is 0 Å². The summed E-state index contributed by atoms with van der Waals surface area (Å²) in [4.78, 5) is 25.9. The van der Waals surface area contributed by atoms with Crippen molar-refractivity contribution in [3.8, 4) is 0 Å². The highest BCUT2D eigenvalue weighted by Crippen LogP contribution is 2.36. The van der Waals surface area contributed by atoms with E-state index in [1.54, 1.807) is 0 Å². The molecule has 5 nitrogen and oxygen atoms in total. The van der Waals surface area contributed by atoms with Gasteiger partial charge in [0.15, 0.2) is 0 Å². The average Bonchev–Trinajstić information content (AvgIpc) is 2.89. The van der Waals surface area contributed by atoms with Gasteiger partial charge in [0, 0.05) is 19.1 Å². The second kappa shape index (κ2) is 7.78. The lowest BCUT2D eigenvalue weighted by Crippen LogP contribution is -2.48. The molecule has 0 aromatic rings. The minimum Gasteiger partial charge on any atom is -0.481 e. The van der Waals surface area contributed by atoms with Crippen molar-refractivity contribution in [2.24, 2.45) is 5.41 Å². The molecule has 2 atom stereocenters. The maximum Gasteiger partial charge on any atom is 0.310 e. The Balaban J connectivity index is 2.66. The van der Waals surface area contributed by atoms with Gasteiger partial charge < -0.3 is 10.4 Å². The Labute approximate surface area is 128 Å². The second-order valence-corrected chi connectivity index (χ2v) is 6.25. The number of aliphatic carboxylic acids is 1. The lowest BCUT2D eigenvalue weighted by molar-refractivity contribution is -0.149. The second-order valence-electron chi connectivity index (χ2n) is 6.25. The van der Waals surface area contributed by atoms with Crippen molar-refractivity contribution in [1.82, 2.24) is 10.2 Å². The minimum absolute atomic E-state index is 0.0152. The Morgan fingerprint density at radius 2 is 1.90 bits per heavy atom. The van der Waals surface area contributed by atoms with Gasteiger partial charge in [-0.1, -0.05) is 27.2 Å². The molecule has 1 aliphatic heterocycles. The minimum atomic E-state index is -0.723. The van der Waals surface area contributed by atoms with Crippen molar-refractivity contribution < 1.29 is 14.7 Å². The van der Waals surface area contributed by atoms with Crippen LogP contribution in [0.1, 0.15) is 59.8 Å². The smallest absolute Gasteiger partial charge is 0.310 e. The number of carbonyl (C=O) groups excluding carboxylic acids is 1. The number of carboxylic acids is 1. The molecular formula is C16H30N2O3. The van der Waals surface area contributed by atoms with Crippen molar-refractivity contribution in [2.75, 3.05) is 13.1 Å². The largest absolute Gasteiger partial charge is 0.481 e. The molecule has 2 N–H and O–H groups in total. The fourth-order valence-electron chi connectivity index (χ4n) is 3.18. The van der Waals surface area contributed by atoms with Gasteiger partial charge in [-0.15, -0.1) is 0 Å². The normalized spacial score (nSPS) is 24.2. The molecule has 1 fully saturated rings. The van der Waals surface area contributed by atoms with Crippen LogP contribution in [0.2, 0.25) is 0 Å². The lowest BCUT2D eigenvalue weighted by Gasteiger charge is -2.28. The molecule has 1 rings (SSSR count). The molecule has 0 radical (unpaired) electrons. The number of hydrogen-bond acceptors (Lipinski definition) is 3. The molecule has 1 saturated heterocycles. The first-order valence-corrected chi connectivity index (χ1v) is 8.18. The van der Waals surface area contributed by atoms with Crippen LogP contribution in [0.4, 0.5) is 0 Å². The van der Waals surface area contributed by atoms with Gasteiger partial charge in [0.2, 0.25) is 5.91 Å². The van der Waals surface area contributed by atoms with Crippen LogP contribution in [0.3, 0.4) is 0 Å². The van der Waals surface area contributed by atoms with Crippen LogP contribution in [0, 0.1) is 5.41 Å². The lowest BCUT2D eigenvalue weighted by atomic mass is 9.83.